The Bertz CT molecular complexity index is 1270. The van der Waals surface area contributed by atoms with Crippen LogP contribution in [-0.4, -0.2) is 24.4 Å². The van der Waals surface area contributed by atoms with Gasteiger partial charge >= 0.3 is 0 Å². The minimum absolute atomic E-state index is 0.112. The molecule has 0 spiro atoms. The van der Waals surface area contributed by atoms with Gasteiger partial charge in [-0.15, -0.1) is 0 Å². The van der Waals surface area contributed by atoms with E-state index in [2.05, 4.69) is 15.0 Å². The molecular weight excluding hydrogens is 403 g/mol. The molecular formula is C22H17FN4O2S. The Morgan fingerprint density at radius 3 is 2.20 bits per heavy atom. The fourth-order valence-electron chi connectivity index (χ4n) is 2.84. The highest BCUT2D eigenvalue weighted by atomic mass is 32.2. The van der Waals surface area contributed by atoms with Gasteiger partial charge < -0.3 is 0 Å². The molecule has 0 bridgehead atoms. The predicted molar refractivity (Wildman–Crippen MR) is 113 cm³/mol. The zero-order chi connectivity index (χ0) is 21.0. The molecule has 0 atom stereocenters. The third kappa shape index (κ3) is 4.28. The van der Waals surface area contributed by atoms with Gasteiger partial charge in [0, 0.05) is 17.3 Å². The molecule has 3 aromatic carbocycles. The second-order valence-corrected chi connectivity index (χ2v) is 8.05. The van der Waals surface area contributed by atoms with E-state index in [9.17, 15) is 12.8 Å². The Labute approximate surface area is 173 Å². The zero-order valence-electron chi connectivity index (χ0n) is 15.7. The Balaban J connectivity index is 1.68. The summed E-state index contributed by atoms with van der Waals surface area (Å²) in [5.74, 6) is -0.355. The van der Waals surface area contributed by atoms with E-state index < -0.39 is 10.0 Å². The lowest BCUT2D eigenvalue weighted by Crippen LogP contribution is -2.18. The lowest BCUT2D eigenvalue weighted by molar-refractivity contribution is 0.584. The van der Waals surface area contributed by atoms with E-state index in [4.69, 9.17) is 0 Å². The number of nitrogens with one attached hydrogen (secondary N) is 1. The zero-order valence-corrected chi connectivity index (χ0v) is 16.5. The molecule has 0 unspecified atom stereocenters. The fourth-order valence-corrected chi connectivity index (χ4v) is 3.66. The first-order valence-corrected chi connectivity index (χ1v) is 10.5. The van der Waals surface area contributed by atoms with Crippen LogP contribution in [0.1, 0.15) is 5.56 Å². The Kier molecular flexibility index (Phi) is 5.40. The smallest absolute Gasteiger partial charge is 0.240 e. The summed E-state index contributed by atoms with van der Waals surface area (Å²) in [6.07, 6.45) is 3.11. The molecule has 0 aliphatic heterocycles. The molecule has 0 aliphatic carbocycles. The first-order valence-electron chi connectivity index (χ1n) is 9.04. The largest absolute Gasteiger partial charge is 0.276 e. The van der Waals surface area contributed by atoms with Crippen molar-refractivity contribution in [2.24, 2.45) is 5.10 Å². The van der Waals surface area contributed by atoms with Crippen molar-refractivity contribution in [2.75, 3.05) is 0 Å². The topological polar surface area (TPSA) is 76.3 Å². The molecule has 1 heterocycles. The summed E-state index contributed by atoms with van der Waals surface area (Å²) in [4.78, 5) is 2.32. The summed E-state index contributed by atoms with van der Waals surface area (Å²) in [5, 5.41) is 8.49. The van der Waals surface area contributed by atoms with Crippen molar-refractivity contribution in [3.8, 4) is 16.9 Å². The first kappa shape index (κ1) is 19.5. The molecule has 8 heteroatoms. The molecule has 1 aromatic heterocycles. The molecule has 4 rings (SSSR count). The third-order valence-corrected chi connectivity index (χ3v) is 5.55. The van der Waals surface area contributed by atoms with Crippen LogP contribution in [0.5, 0.6) is 0 Å². The fraction of sp³-hybridized carbons (Fsp3) is 0. The van der Waals surface area contributed by atoms with Crippen molar-refractivity contribution in [2.45, 2.75) is 4.90 Å². The SMILES string of the molecule is O=S(=O)(N/N=C/c1cn(-c2ccccc2)nc1-c1ccc(F)cc1)c1ccccc1. The summed E-state index contributed by atoms with van der Waals surface area (Å²) in [7, 11) is -3.78. The summed E-state index contributed by atoms with van der Waals surface area (Å²) >= 11 is 0. The second kappa shape index (κ2) is 8.30. The first-order chi connectivity index (χ1) is 14.5. The van der Waals surface area contributed by atoms with E-state index in [1.807, 2.05) is 30.3 Å². The van der Waals surface area contributed by atoms with Crippen LogP contribution < -0.4 is 4.83 Å². The number of nitrogens with zero attached hydrogens (tertiary/aromatic N) is 3. The summed E-state index contributed by atoms with van der Waals surface area (Å²) < 4.78 is 39.7. The van der Waals surface area contributed by atoms with Crippen LogP contribution in [0.3, 0.4) is 0 Å². The van der Waals surface area contributed by atoms with Crippen LogP contribution in [0.2, 0.25) is 0 Å². The molecule has 6 nitrogen and oxygen atoms in total. The molecule has 30 heavy (non-hydrogen) atoms. The Hall–Kier alpha value is -3.78. The van der Waals surface area contributed by atoms with Crippen LogP contribution in [0.15, 0.2) is 101 Å². The third-order valence-electron chi connectivity index (χ3n) is 4.31. The number of halogens is 1. The minimum atomic E-state index is -3.78. The van der Waals surface area contributed by atoms with Crippen LogP contribution in [0, 0.1) is 5.82 Å². The average Bonchev–Trinajstić information content (AvgIpc) is 3.19. The standard InChI is InChI=1S/C22H17FN4O2S/c23-19-13-11-17(12-14-19)22-18(16-27(25-22)20-7-3-1-4-8-20)15-24-26-30(28,29)21-9-5-2-6-10-21/h1-16,26H/b24-15+. The van der Waals surface area contributed by atoms with E-state index in [-0.39, 0.29) is 10.7 Å². The highest BCUT2D eigenvalue weighted by Crippen LogP contribution is 2.23. The van der Waals surface area contributed by atoms with Crippen molar-refractivity contribution < 1.29 is 12.8 Å². The maximum Gasteiger partial charge on any atom is 0.276 e. The average molecular weight is 420 g/mol. The number of rotatable bonds is 6. The van der Waals surface area contributed by atoms with E-state index in [0.717, 1.165) is 5.69 Å². The molecule has 0 radical (unpaired) electrons. The van der Waals surface area contributed by atoms with Crippen molar-refractivity contribution in [3.05, 3.63) is 103 Å². The minimum Gasteiger partial charge on any atom is -0.240 e. The molecule has 0 amide bonds. The summed E-state index contributed by atoms with van der Waals surface area (Å²) in [5.41, 5.74) is 2.62. The molecule has 4 aromatic rings. The van der Waals surface area contributed by atoms with Gasteiger partial charge in [0.25, 0.3) is 10.0 Å². The quantitative estimate of drug-likeness (QED) is 0.379. The van der Waals surface area contributed by atoms with E-state index in [1.54, 1.807) is 41.2 Å². The molecule has 0 saturated carbocycles. The van der Waals surface area contributed by atoms with E-state index in [1.165, 1.54) is 30.5 Å². The van der Waals surface area contributed by atoms with Gasteiger partial charge in [0.15, 0.2) is 0 Å². The predicted octanol–water partition coefficient (Wildman–Crippen LogP) is 3.99. The van der Waals surface area contributed by atoms with Crippen LogP contribution in [0.25, 0.3) is 16.9 Å². The van der Waals surface area contributed by atoms with Crippen LogP contribution in [0.4, 0.5) is 4.39 Å². The maximum atomic E-state index is 13.3. The summed E-state index contributed by atoms with van der Waals surface area (Å²) in [6, 6.07) is 23.3. The molecule has 0 aliphatic rings. The van der Waals surface area contributed by atoms with Crippen molar-refractivity contribution in [3.63, 3.8) is 0 Å². The lowest BCUT2D eigenvalue weighted by atomic mass is 10.1. The Morgan fingerprint density at radius 1 is 0.900 bits per heavy atom. The molecule has 1 N–H and O–H groups in total. The summed E-state index contributed by atoms with van der Waals surface area (Å²) in [6.45, 7) is 0. The van der Waals surface area contributed by atoms with Crippen molar-refractivity contribution >= 4 is 16.2 Å². The number of benzene rings is 3. The van der Waals surface area contributed by atoms with Crippen molar-refractivity contribution in [1.82, 2.24) is 14.6 Å². The number of aromatic nitrogens is 2. The van der Waals surface area contributed by atoms with Gasteiger partial charge in [0.2, 0.25) is 0 Å². The normalized spacial score (nSPS) is 11.6. The second-order valence-electron chi connectivity index (χ2n) is 6.39. The van der Waals surface area contributed by atoms with Gasteiger partial charge in [0.05, 0.1) is 16.8 Å². The highest BCUT2D eigenvalue weighted by molar-refractivity contribution is 7.89. The van der Waals surface area contributed by atoms with Gasteiger partial charge in [-0.1, -0.05) is 36.4 Å². The van der Waals surface area contributed by atoms with Crippen LogP contribution >= 0.6 is 0 Å². The van der Waals surface area contributed by atoms with Gasteiger partial charge in [-0.3, -0.25) is 0 Å². The van der Waals surface area contributed by atoms with Crippen molar-refractivity contribution in [1.29, 1.82) is 0 Å². The number of sulfonamides is 1. The van der Waals surface area contributed by atoms with Crippen LogP contribution in [-0.2, 0) is 10.0 Å². The number of hydrogen-bond acceptors (Lipinski definition) is 4. The maximum absolute atomic E-state index is 13.3. The van der Waals surface area contributed by atoms with E-state index in [0.29, 0.717) is 16.8 Å². The lowest BCUT2D eigenvalue weighted by Gasteiger charge is -2.02. The van der Waals surface area contributed by atoms with Gasteiger partial charge in [-0.25, -0.2) is 13.9 Å². The van der Waals surface area contributed by atoms with Gasteiger partial charge in [0.1, 0.15) is 11.5 Å². The van der Waals surface area contributed by atoms with E-state index >= 15 is 0 Å². The Morgan fingerprint density at radius 2 is 1.53 bits per heavy atom. The molecule has 0 saturated heterocycles. The number of hydrogen-bond donors (Lipinski definition) is 1. The van der Waals surface area contributed by atoms with Gasteiger partial charge in [-0.2, -0.15) is 18.6 Å². The molecule has 0 fully saturated rings. The number of hydrazone groups is 1. The molecule has 150 valence electrons. The highest BCUT2D eigenvalue weighted by Gasteiger charge is 2.13. The number of para-hydroxylation sites is 1. The van der Waals surface area contributed by atoms with Gasteiger partial charge in [-0.05, 0) is 48.5 Å². The monoisotopic (exact) mass is 420 g/mol.